The summed E-state index contributed by atoms with van der Waals surface area (Å²) >= 11 is 0. The lowest BCUT2D eigenvalue weighted by Gasteiger charge is -2.36. The van der Waals surface area contributed by atoms with Gasteiger partial charge in [-0.25, -0.2) is 0 Å². The highest BCUT2D eigenvalue weighted by Crippen LogP contribution is 2.27. The van der Waals surface area contributed by atoms with E-state index in [9.17, 15) is 4.79 Å². The number of piperazine rings is 1. The molecule has 0 aromatic rings. The molecule has 0 radical (unpaired) electrons. The molecule has 4 rings (SSSR count). The highest BCUT2D eigenvalue weighted by molar-refractivity contribution is 14.0. The van der Waals surface area contributed by atoms with Gasteiger partial charge < -0.3 is 15.5 Å². The number of carbonyl (C=O) groups excluding carboxylic acids is 1. The summed E-state index contributed by atoms with van der Waals surface area (Å²) in [7, 11) is 1.87. The van der Waals surface area contributed by atoms with Gasteiger partial charge in [0.25, 0.3) is 0 Å². The zero-order chi connectivity index (χ0) is 20.8. The molecule has 0 aromatic carbocycles. The van der Waals surface area contributed by atoms with Crippen molar-refractivity contribution in [3.05, 3.63) is 0 Å². The lowest BCUT2D eigenvalue weighted by molar-refractivity contribution is -0.137. The van der Waals surface area contributed by atoms with Crippen LogP contribution >= 0.6 is 24.0 Å². The molecule has 1 atom stereocenters. The van der Waals surface area contributed by atoms with Crippen LogP contribution in [0.5, 0.6) is 0 Å². The van der Waals surface area contributed by atoms with Gasteiger partial charge in [0.2, 0.25) is 5.91 Å². The van der Waals surface area contributed by atoms with Gasteiger partial charge in [0.05, 0.1) is 0 Å². The lowest BCUT2D eigenvalue weighted by Crippen LogP contribution is -2.52. The zero-order valence-corrected chi connectivity index (χ0v) is 21.7. The van der Waals surface area contributed by atoms with Gasteiger partial charge in [-0.05, 0) is 32.1 Å². The Morgan fingerprint density at radius 2 is 1.61 bits per heavy atom. The maximum Gasteiger partial charge on any atom is 0.225 e. The number of rotatable bonds is 6. The molecule has 8 heteroatoms. The van der Waals surface area contributed by atoms with Crippen LogP contribution in [0, 0.1) is 5.92 Å². The average Bonchev–Trinajstić information content (AvgIpc) is 3.55. The number of likely N-dealkylation sites (tertiary alicyclic amines) is 1. The van der Waals surface area contributed by atoms with Crippen molar-refractivity contribution in [2.45, 2.75) is 69.9 Å². The van der Waals surface area contributed by atoms with Crippen molar-refractivity contribution in [2.24, 2.45) is 10.9 Å². The number of hydrogen-bond donors (Lipinski definition) is 2. The van der Waals surface area contributed by atoms with Crippen LogP contribution < -0.4 is 10.6 Å². The summed E-state index contributed by atoms with van der Waals surface area (Å²) in [6, 6.07) is 1.34. The number of carbonyl (C=O) groups is 1. The average molecular weight is 547 g/mol. The third-order valence-electron chi connectivity index (χ3n) is 7.73. The van der Waals surface area contributed by atoms with E-state index in [1.807, 2.05) is 7.05 Å². The van der Waals surface area contributed by atoms with Crippen LogP contribution in [0.2, 0.25) is 0 Å². The minimum absolute atomic E-state index is 0. The fourth-order valence-electron chi connectivity index (χ4n) is 5.85. The molecule has 178 valence electrons. The van der Waals surface area contributed by atoms with E-state index in [1.54, 1.807) is 0 Å². The van der Waals surface area contributed by atoms with Crippen molar-refractivity contribution in [3.8, 4) is 0 Å². The van der Waals surface area contributed by atoms with Crippen molar-refractivity contribution in [2.75, 3.05) is 59.4 Å². The van der Waals surface area contributed by atoms with E-state index in [2.05, 4.69) is 30.3 Å². The van der Waals surface area contributed by atoms with E-state index >= 15 is 0 Å². The first-order valence-electron chi connectivity index (χ1n) is 12.5. The molecule has 2 aliphatic carbocycles. The summed E-state index contributed by atoms with van der Waals surface area (Å²) < 4.78 is 0. The number of amides is 1. The van der Waals surface area contributed by atoms with E-state index in [-0.39, 0.29) is 24.0 Å². The third kappa shape index (κ3) is 6.93. The summed E-state index contributed by atoms with van der Waals surface area (Å²) in [5.41, 5.74) is 0. The molecule has 2 heterocycles. The number of halogens is 1. The van der Waals surface area contributed by atoms with Crippen LogP contribution in [0.3, 0.4) is 0 Å². The molecule has 2 aliphatic heterocycles. The second-order valence-corrected chi connectivity index (χ2v) is 9.71. The summed E-state index contributed by atoms with van der Waals surface area (Å²) in [6.45, 7) is 8.05. The van der Waals surface area contributed by atoms with Crippen molar-refractivity contribution in [1.82, 2.24) is 25.3 Å². The Bertz CT molecular complexity index is 583. The third-order valence-corrected chi connectivity index (χ3v) is 7.73. The minimum Gasteiger partial charge on any atom is -0.355 e. The Morgan fingerprint density at radius 1 is 0.935 bits per heavy atom. The molecule has 0 bridgehead atoms. The first-order valence-corrected chi connectivity index (χ1v) is 12.5. The Balaban J connectivity index is 0.00000272. The number of nitrogens with zero attached hydrogens (tertiary/aromatic N) is 4. The number of aliphatic imine (C=N–C) groups is 1. The molecule has 0 spiro atoms. The summed E-state index contributed by atoms with van der Waals surface area (Å²) in [5, 5.41) is 7.14. The lowest BCUT2D eigenvalue weighted by atomic mass is 10.1. The highest BCUT2D eigenvalue weighted by atomic mass is 127. The van der Waals surface area contributed by atoms with Crippen LogP contribution in [0.1, 0.15) is 57.8 Å². The van der Waals surface area contributed by atoms with E-state index in [1.165, 1.54) is 51.5 Å². The molecule has 4 fully saturated rings. The second-order valence-electron chi connectivity index (χ2n) is 9.71. The van der Waals surface area contributed by atoms with Crippen molar-refractivity contribution < 1.29 is 4.79 Å². The first kappa shape index (κ1) is 25.0. The predicted octanol–water partition coefficient (Wildman–Crippen LogP) is 2.12. The number of guanidine groups is 1. The molecule has 31 heavy (non-hydrogen) atoms. The summed E-state index contributed by atoms with van der Waals surface area (Å²) in [5.74, 6) is 1.66. The molecule has 2 N–H and O–H groups in total. The maximum absolute atomic E-state index is 12.6. The van der Waals surface area contributed by atoms with Crippen molar-refractivity contribution >= 4 is 35.8 Å². The van der Waals surface area contributed by atoms with Gasteiger partial charge in [-0.2, -0.15) is 0 Å². The fraction of sp³-hybridized carbons (Fsp3) is 0.913. The molecular formula is C23H43IN6O. The SMILES string of the molecule is CN=C(NCCN1CCN(C(=O)C2CCCC2)CC1)NC1CCN(C2CCCC2)C1.I. The molecule has 0 aromatic heterocycles. The Morgan fingerprint density at radius 3 is 2.29 bits per heavy atom. The Kier molecular flexibility index (Phi) is 10.2. The summed E-state index contributed by atoms with van der Waals surface area (Å²) in [6.07, 6.45) is 11.5. The van der Waals surface area contributed by atoms with Gasteiger partial charge >= 0.3 is 0 Å². The normalized spacial score (nSPS) is 26.9. The smallest absolute Gasteiger partial charge is 0.225 e. The summed E-state index contributed by atoms with van der Waals surface area (Å²) in [4.78, 5) is 24.3. The molecule has 1 unspecified atom stereocenters. The second kappa shape index (κ2) is 12.6. The van der Waals surface area contributed by atoms with Gasteiger partial charge in [-0.1, -0.05) is 25.7 Å². The van der Waals surface area contributed by atoms with Crippen LogP contribution in [0.15, 0.2) is 4.99 Å². The molecule has 7 nitrogen and oxygen atoms in total. The van der Waals surface area contributed by atoms with Gasteiger partial charge in [-0.15, -0.1) is 24.0 Å². The van der Waals surface area contributed by atoms with E-state index in [4.69, 9.17) is 0 Å². The molecular weight excluding hydrogens is 503 g/mol. The highest BCUT2D eigenvalue weighted by Gasteiger charge is 2.31. The van der Waals surface area contributed by atoms with Crippen LogP contribution in [0.4, 0.5) is 0 Å². The Labute approximate surface area is 205 Å². The fourth-order valence-corrected chi connectivity index (χ4v) is 5.85. The van der Waals surface area contributed by atoms with E-state index < -0.39 is 0 Å². The first-order chi connectivity index (χ1) is 14.7. The van der Waals surface area contributed by atoms with Crippen LogP contribution in [0.25, 0.3) is 0 Å². The molecule has 1 amide bonds. The van der Waals surface area contributed by atoms with Gasteiger partial charge in [0.1, 0.15) is 0 Å². The maximum atomic E-state index is 12.6. The quantitative estimate of drug-likeness (QED) is 0.304. The topological polar surface area (TPSA) is 63.2 Å². The predicted molar refractivity (Wildman–Crippen MR) is 137 cm³/mol. The molecule has 4 aliphatic rings. The van der Waals surface area contributed by atoms with E-state index in [0.717, 1.165) is 70.7 Å². The van der Waals surface area contributed by atoms with E-state index in [0.29, 0.717) is 17.9 Å². The zero-order valence-electron chi connectivity index (χ0n) is 19.4. The van der Waals surface area contributed by atoms with Gasteiger partial charge in [0, 0.05) is 77.4 Å². The monoisotopic (exact) mass is 546 g/mol. The van der Waals surface area contributed by atoms with Gasteiger partial charge in [0.15, 0.2) is 5.96 Å². The molecule has 2 saturated carbocycles. The number of hydrogen-bond acceptors (Lipinski definition) is 4. The standard InChI is InChI=1S/C23H42N6O.HI/c1-24-23(26-20-10-12-29(18-20)21-8-4-5-9-21)25-11-13-27-14-16-28(17-15-27)22(30)19-6-2-3-7-19;/h19-21H,2-18H2,1H3,(H2,24,25,26);1H. The van der Waals surface area contributed by atoms with Crippen molar-refractivity contribution in [3.63, 3.8) is 0 Å². The minimum atomic E-state index is 0. The largest absolute Gasteiger partial charge is 0.355 e. The van der Waals surface area contributed by atoms with Gasteiger partial charge in [-0.3, -0.25) is 19.6 Å². The number of nitrogens with one attached hydrogen (secondary N) is 2. The molecule has 2 saturated heterocycles. The van der Waals surface area contributed by atoms with Crippen molar-refractivity contribution in [1.29, 1.82) is 0 Å². The van der Waals surface area contributed by atoms with Crippen LogP contribution in [-0.4, -0.2) is 98.1 Å². The van der Waals surface area contributed by atoms with Crippen LogP contribution in [-0.2, 0) is 4.79 Å². The Hall–Kier alpha value is -0.610.